The number of thiol groups is 1. The SMILES string of the molecule is CCc1nc(S)nc(O)c1Cc1ccccc1. The van der Waals surface area contributed by atoms with E-state index in [1.807, 2.05) is 37.3 Å². The average Bonchev–Trinajstić information content (AvgIpc) is 2.33. The van der Waals surface area contributed by atoms with Gasteiger partial charge in [-0.05, 0) is 12.0 Å². The van der Waals surface area contributed by atoms with Gasteiger partial charge < -0.3 is 5.11 Å². The van der Waals surface area contributed by atoms with Crippen LogP contribution in [0.4, 0.5) is 0 Å². The molecular weight excluding hydrogens is 232 g/mol. The predicted octanol–water partition coefficient (Wildman–Crippen LogP) is 2.62. The van der Waals surface area contributed by atoms with Crippen LogP contribution in [0, 0.1) is 0 Å². The van der Waals surface area contributed by atoms with Gasteiger partial charge in [0, 0.05) is 12.0 Å². The summed E-state index contributed by atoms with van der Waals surface area (Å²) in [7, 11) is 0. The molecule has 1 heterocycles. The fourth-order valence-electron chi connectivity index (χ4n) is 1.78. The van der Waals surface area contributed by atoms with E-state index in [0.717, 1.165) is 23.2 Å². The second-order valence-corrected chi connectivity index (χ2v) is 4.19. The summed E-state index contributed by atoms with van der Waals surface area (Å²) in [5, 5.41) is 10.2. The summed E-state index contributed by atoms with van der Waals surface area (Å²) in [6, 6.07) is 9.97. The van der Waals surface area contributed by atoms with Crippen molar-refractivity contribution in [3.05, 3.63) is 47.2 Å². The van der Waals surface area contributed by atoms with Crippen molar-refractivity contribution < 1.29 is 5.11 Å². The quantitative estimate of drug-likeness (QED) is 0.646. The van der Waals surface area contributed by atoms with Gasteiger partial charge in [-0.3, -0.25) is 0 Å². The zero-order valence-electron chi connectivity index (χ0n) is 9.59. The Morgan fingerprint density at radius 3 is 2.53 bits per heavy atom. The standard InChI is InChI=1S/C13H14N2OS/c1-2-11-10(12(16)15-13(17)14-11)8-9-6-4-3-5-7-9/h3-7H,2,8H2,1H3,(H2,14,15,16,17). The fourth-order valence-corrected chi connectivity index (χ4v) is 1.99. The Morgan fingerprint density at radius 2 is 1.88 bits per heavy atom. The third-order valence-corrected chi connectivity index (χ3v) is 2.82. The first-order chi connectivity index (χ1) is 8.20. The second kappa shape index (κ2) is 5.19. The molecule has 0 aliphatic rings. The van der Waals surface area contributed by atoms with Crippen molar-refractivity contribution in [2.24, 2.45) is 0 Å². The molecule has 0 bridgehead atoms. The minimum absolute atomic E-state index is 0.0331. The van der Waals surface area contributed by atoms with Crippen molar-refractivity contribution in [3.8, 4) is 5.88 Å². The lowest BCUT2D eigenvalue weighted by Crippen LogP contribution is -2.01. The van der Waals surface area contributed by atoms with E-state index < -0.39 is 0 Å². The molecule has 4 heteroatoms. The van der Waals surface area contributed by atoms with Gasteiger partial charge in [0.1, 0.15) is 0 Å². The van der Waals surface area contributed by atoms with E-state index in [9.17, 15) is 5.11 Å². The van der Waals surface area contributed by atoms with E-state index in [0.29, 0.717) is 11.6 Å². The second-order valence-electron chi connectivity index (χ2n) is 3.79. The van der Waals surface area contributed by atoms with Crippen molar-refractivity contribution in [2.45, 2.75) is 24.9 Å². The molecule has 1 N–H and O–H groups in total. The summed E-state index contributed by atoms with van der Waals surface area (Å²) >= 11 is 4.07. The van der Waals surface area contributed by atoms with Gasteiger partial charge in [0.2, 0.25) is 5.88 Å². The molecule has 2 rings (SSSR count). The summed E-state index contributed by atoms with van der Waals surface area (Å²) in [5.74, 6) is 0.0331. The minimum atomic E-state index is 0.0331. The summed E-state index contributed by atoms with van der Waals surface area (Å²) in [6.45, 7) is 2.00. The molecule has 17 heavy (non-hydrogen) atoms. The van der Waals surface area contributed by atoms with Crippen molar-refractivity contribution in [2.75, 3.05) is 0 Å². The van der Waals surface area contributed by atoms with Gasteiger partial charge in [0.25, 0.3) is 0 Å². The Kier molecular flexibility index (Phi) is 3.64. The highest BCUT2D eigenvalue weighted by Crippen LogP contribution is 2.22. The van der Waals surface area contributed by atoms with Crippen LogP contribution in [0.5, 0.6) is 5.88 Å². The Hall–Kier alpha value is -1.55. The molecule has 0 aliphatic heterocycles. The summed E-state index contributed by atoms with van der Waals surface area (Å²) < 4.78 is 0. The number of nitrogens with zero attached hydrogens (tertiary/aromatic N) is 2. The van der Waals surface area contributed by atoms with Crippen LogP contribution in [0.1, 0.15) is 23.7 Å². The zero-order valence-corrected chi connectivity index (χ0v) is 10.5. The van der Waals surface area contributed by atoms with Gasteiger partial charge in [0.15, 0.2) is 5.16 Å². The Labute approximate surface area is 106 Å². The molecule has 0 amide bonds. The lowest BCUT2D eigenvalue weighted by Gasteiger charge is -2.09. The highest BCUT2D eigenvalue weighted by Gasteiger charge is 2.11. The van der Waals surface area contributed by atoms with Crippen molar-refractivity contribution in [1.29, 1.82) is 0 Å². The van der Waals surface area contributed by atoms with E-state index in [-0.39, 0.29) is 5.88 Å². The van der Waals surface area contributed by atoms with E-state index in [1.165, 1.54) is 0 Å². The van der Waals surface area contributed by atoms with Crippen LogP contribution in [0.2, 0.25) is 0 Å². The molecule has 0 atom stereocenters. The Morgan fingerprint density at radius 1 is 1.18 bits per heavy atom. The van der Waals surface area contributed by atoms with Crippen LogP contribution in [0.25, 0.3) is 0 Å². The minimum Gasteiger partial charge on any atom is -0.493 e. The number of benzene rings is 1. The maximum absolute atomic E-state index is 9.86. The number of rotatable bonds is 3. The molecule has 0 saturated heterocycles. The van der Waals surface area contributed by atoms with E-state index in [4.69, 9.17) is 0 Å². The number of hydrogen-bond donors (Lipinski definition) is 2. The van der Waals surface area contributed by atoms with Crippen LogP contribution in [-0.4, -0.2) is 15.1 Å². The summed E-state index contributed by atoms with van der Waals surface area (Å²) in [6.07, 6.45) is 1.40. The molecule has 3 nitrogen and oxygen atoms in total. The molecule has 1 aromatic heterocycles. The maximum atomic E-state index is 9.86. The zero-order chi connectivity index (χ0) is 12.3. The first-order valence-corrected chi connectivity index (χ1v) is 5.97. The molecule has 0 spiro atoms. The Bertz CT molecular complexity index is 514. The average molecular weight is 246 g/mol. The largest absolute Gasteiger partial charge is 0.493 e. The third-order valence-electron chi connectivity index (χ3n) is 2.62. The first kappa shape index (κ1) is 11.9. The number of aromatic hydroxyl groups is 1. The van der Waals surface area contributed by atoms with Crippen LogP contribution < -0.4 is 0 Å². The van der Waals surface area contributed by atoms with Crippen molar-refractivity contribution in [3.63, 3.8) is 0 Å². The molecule has 0 aliphatic carbocycles. The van der Waals surface area contributed by atoms with Crippen LogP contribution in [-0.2, 0) is 12.8 Å². The van der Waals surface area contributed by atoms with Crippen molar-refractivity contribution in [1.82, 2.24) is 9.97 Å². The lowest BCUT2D eigenvalue weighted by atomic mass is 10.0. The normalized spacial score (nSPS) is 10.5. The highest BCUT2D eigenvalue weighted by molar-refractivity contribution is 7.80. The number of hydrogen-bond acceptors (Lipinski definition) is 4. The topological polar surface area (TPSA) is 46.0 Å². The third kappa shape index (κ3) is 2.77. The Balaban J connectivity index is 2.38. The van der Waals surface area contributed by atoms with Crippen molar-refractivity contribution >= 4 is 12.6 Å². The van der Waals surface area contributed by atoms with Gasteiger partial charge in [-0.2, -0.15) is 4.98 Å². The number of aromatic nitrogens is 2. The first-order valence-electron chi connectivity index (χ1n) is 5.52. The smallest absolute Gasteiger partial charge is 0.218 e. The molecule has 1 aromatic carbocycles. The van der Waals surface area contributed by atoms with Crippen LogP contribution in [0.15, 0.2) is 35.5 Å². The molecule has 0 unspecified atom stereocenters. The van der Waals surface area contributed by atoms with E-state index >= 15 is 0 Å². The predicted molar refractivity (Wildman–Crippen MR) is 69.6 cm³/mol. The van der Waals surface area contributed by atoms with E-state index in [2.05, 4.69) is 22.6 Å². The molecule has 0 saturated carbocycles. The fraction of sp³-hybridized carbons (Fsp3) is 0.231. The van der Waals surface area contributed by atoms with Gasteiger partial charge in [0.05, 0.1) is 5.69 Å². The van der Waals surface area contributed by atoms with Crippen LogP contribution in [0.3, 0.4) is 0 Å². The monoisotopic (exact) mass is 246 g/mol. The van der Waals surface area contributed by atoms with Crippen LogP contribution >= 0.6 is 12.6 Å². The maximum Gasteiger partial charge on any atom is 0.218 e. The molecule has 0 fully saturated rings. The van der Waals surface area contributed by atoms with E-state index in [1.54, 1.807) is 0 Å². The van der Waals surface area contributed by atoms with Gasteiger partial charge in [-0.25, -0.2) is 4.98 Å². The lowest BCUT2D eigenvalue weighted by molar-refractivity contribution is 0.437. The molecule has 88 valence electrons. The van der Waals surface area contributed by atoms with Gasteiger partial charge in [-0.1, -0.05) is 37.3 Å². The highest BCUT2D eigenvalue weighted by atomic mass is 32.1. The molecule has 2 aromatic rings. The molecule has 0 radical (unpaired) electrons. The summed E-state index contributed by atoms with van der Waals surface area (Å²) in [4.78, 5) is 8.13. The number of aryl methyl sites for hydroxylation is 1. The van der Waals surface area contributed by atoms with Gasteiger partial charge >= 0.3 is 0 Å². The summed E-state index contributed by atoms with van der Waals surface area (Å²) in [5.41, 5.74) is 2.77. The molecular formula is C13H14N2OS. The van der Waals surface area contributed by atoms with Gasteiger partial charge in [-0.15, -0.1) is 12.6 Å².